The summed E-state index contributed by atoms with van der Waals surface area (Å²) in [7, 11) is 0. The van der Waals surface area contributed by atoms with E-state index in [0.717, 1.165) is 27.3 Å². The van der Waals surface area contributed by atoms with Crippen LogP contribution in [0.15, 0.2) is 52.6 Å². The third-order valence-electron chi connectivity index (χ3n) is 3.63. The van der Waals surface area contributed by atoms with Crippen LogP contribution in [-0.2, 0) is 4.79 Å². The van der Waals surface area contributed by atoms with Crippen molar-refractivity contribution in [1.82, 2.24) is 4.90 Å². The molecule has 0 amide bonds. The zero-order valence-electron chi connectivity index (χ0n) is 10.5. The summed E-state index contributed by atoms with van der Waals surface area (Å²) in [6.07, 6.45) is 7.12. The first-order chi connectivity index (χ1) is 9.74. The molecule has 20 heavy (non-hydrogen) atoms. The SMILES string of the molecule is O=C(O)C1=CN2CC=c3c(oc4ccccc34)=C2C=C1. The van der Waals surface area contributed by atoms with Gasteiger partial charge < -0.3 is 14.4 Å². The summed E-state index contributed by atoms with van der Waals surface area (Å²) in [4.78, 5) is 12.9. The number of nitrogens with zero attached hydrogens (tertiary/aromatic N) is 1. The molecule has 0 fully saturated rings. The van der Waals surface area contributed by atoms with Gasteiger partial charge in [-0.15, -0.1) is 0 Å². The van der Waals surface area contributed by atoms with Crippen molar-refractivity contribution >= 4 is 28.7 Å². The van der Waals surface area contributed by atoms with Crippen LogP contribution in [-0.4, -0.2) is 22.5 Å². The fourth-order valence-electron chi connectivity index (χ4n) is 2.68. The highest BCUT2D eigenvalue weighted by Gasteiger charge is 2.19. The first kappa shape index (κ1) is 11.1. The minimum absolute atomic E-state index is 0.279. The second-order valence-electron chi connectivity index (χ2n) is 4.81. The molecule has 0 saturated carbocycles. The Morgan fingerprint density at radius 1 is 1.25 bits per heavy atom. The van der Waals surface area contributed by atoms with Gasteiger partial charge in [0.05, 0.1) is 11.3 Å². The Hall–Kier alpha value is -2.75. The van der Waals surface area contributed by atoms with Crippen molar-refractivity contribution in [3.63, 3.8) is 0 Å². The van der Waals surface area contributed by atoms with Crippen LogP contribution in [0.2, 0.25) is 0 Å². The minimum atomic E-state index is -0.921. The van der Waals surface area contributed by atoms with Crippen LogP contribution in [0.4, 0.5) is 0 Å². The lowest BCUT2D eigenvalue weighted by molar-refractivity contribution is -0.132. The van der Waals surface area contributed by atoms with E-state index in [1.54, 1.807) is 18.4 Å². The maximum Gasteiger partial charge on any atom is 0.337 e. The molecule has 2 aromatic rings. The predicted octanol–water partition coefficient (Wildman–Crippen LogP) is 1.18. The maximum atomic E-state index is 11.0. The zero-order chi connectivity index (χ0) is 13.7. The van der Waals surface area contributed by atoms with E-state index in [1.807, 2.05) is 29.2 Å². The Labute approximate surface area is 114 Å². The van der Waals surface area contributed by atoms with Crippen LogP contribution in [0.1, 0.15) is 0 Å². The summed E-state index contributed by atoms with van der Waals surface area (Å²) in [6, 6.07) is 7.91. The number of furan rings is 1. The van der Waals surface area contributed by atoms with Crippen LogP contribution >= 0.6 is 0 Å². The van der Waals surface area contributed by atoms with Crippen LogP contribution in [0, 0.1) is 0 Å². The van der Waals surface area contributed by atoms with E-state index in [2.05, 4.69) is 6.08 Å². The van der Waals surface area contributed by atoms with E-state index >= 15 is 0 Å². The molecule has 4 rings (SSSR count). The Bertz CT molecular complexity index is 915. The lowest BCUT2D eigenvalue weighted by Gasteiger charge is -2.24. The number of para-hydroxylation sites is 1. The molecular formula is C16H11NO3. The van der Waals surface area contributed by atoms with Crippen LogP contribution in [0.5, 0.6) is 0 Å². The molecule has 0 unspecified atom stereocenters. The number of fused-ring (bicyclic) bond motifs is 4. The maximum absolute atomic E-state index is 11.0. The molecule has 2 aliphatic rings. The van der Waals surface area contributed by atoms with E-state index in [-0.39, 0.29) is 5.57 Å². The van der Waals surface area contributed by atoms with Gasteiger partial charge in [0, 0.05) is 23.3 Å². The van der Waals surface area contributed by atoms with E-state index in [1.165, 1.54) is 0 Å². The first-order valence-corrected chi connectivity index (χ1v) is 6.36. The fourth-order valence-corrected chi connectivity index (χ4v) is 2.68. The van der Waals surface area contributed by atoms with Crippen LogP contribution in [0.3, 0.4) is 0 Å². The number of carboxylic acids is 1. The van der Waals surface area contributed by atoms with Gasteiger partial charge >= 0.3 is 5.97 Å². The third-order valence-corrected chi connectivity index (χ3v) is 3.63. The molecule has 1 N–H and O–H groups in total. The molecular weight excluding hydrogens is 254 g/mol. The van der Waals surface area contributed by atoms with Crippen molar-refractivity contribution in [2.75, 3.05) is 6.54 Å². The van der Waals surface area contributed by atoms with Crippen LogP contribution in [0.25, 0.3) is 22.7 Å². The number of benzene rings is 1. The van der Waals surface area contributed by atoms with Crippen molar-refractivity contribution in [3.05, 3.63) is 58.8 Å². The number of carboxylic acid groups (broad SMARTS) is 1. The fraction of sp³-hybridized carbons (Fsp3) is 0.0625. The number of hydrogen-bond acceptors (Lipinski definition) is 3. The Kier molecular flexibility index (Phi) is 2.15. The number of aliphatic carboxylic acids is 1. The summed E-state index contributed by atoms with van der Waals surface area (Å²) >= 11 is 0. The number of rotatable bonds is 1. The molecule has 3 heterocycles. The van der Waals surface area contributed by atoms with E-state index in [9.17, 15) is 4.79 Å². The van der Waals surface area contributed by atoms with Gasteiger partial charge in [0.15, 0.2) is 5.42 Å². The highest BCUT2D eigenvalue weighted by Crippen LogP contribution is 2.19. The molecule has 0 radical (unpaired) electrons. The zero-order valence-corrected chi connectivity index (χ0v) is 10.5. The van der Waals surface area contributed by atoms with Crippen molar-refractivity contribution in [1.29, 1.82) is 0 Å². The standard InChI is InChI=1S/C16H11NO3/c18-16(19)10-5-6-13-15-12(7-8-17(13)9-10)11-3-1-2-4-14(11)20-15/h1-7,9H,8H2,(H,18,19). The van der Waals surface area contributed by atoms with Gasteiger partial charge in [0.2, 0.25) is 0 Å². The topological polar surface area (TPSA) is 53.7 Å². The highest BCUT2D eigenvalue weighted by atomic mass is 16.4. The Morgan fingerprint density at radius 3 is 2.95 bits per heavy atom. The van der Waals surface area contributed by atoms with Crippen molar-refractivity contribution in [2.24, 2.45) is 0 Å². The van der Waals surface area contributed by atoms with Gasteiger partial charge in [-0.25, -0.2) is 4.79 Å². The Balaban J connectivity index is 2.02. The molecule has 1 aromatic heterocycles. The quantitative estimate of drug-likeness (QED) is 0.841. The van der Waals surface area contributed by atoms with Gasteiger partial charge in [0.1, 0.15) is 5.58 Å². The highest BCUT2D eigenvalue weighted by molar-refractivity contribution is 5.92. The normalized spacial score (nSPS) is 16.5. The molecule has 0 spiro atoms. The summed E-state index contributed by atoms with van der Waals surface area (Å²) in [6.45, 7) is 0.646. The summed E-state index contributed by atoms with van der Waals surface area (Å²) in [5, 5.41) is 11.2. The smallest absolute Gasteiger partial charge is 0.337 e. The second-order valence-corrected chi connectivity index (χ2v) is 4.81. The summed E-state index contributed by atoms with van der Waals surface area (Å²) < 4.78 is 5.92. The average molecular weight is 265 g/mol. The van der Waals surface area contributed by atoms with E-state index < -0.39 is 5.97 Å². The van der Waals surface area contributed by atoms with Gasteiger partial charge in [0.25, 0.3) is 0 Å². The lowest BCUT2D eigenvalue weighted by atomic mass is 10.1. The van der Waals surface area contributed by atoms with Crippen molar-refractivity contribution in [2.45, 2.75) is 0 Å². The third kappa shape index (κ3) is 1.45. The molecule has 0 atom stereocenters. The molecule has 1 aromatic carbocycles. The molecule has 2 aliphatic heterocycles. The predicted molar refractivity (Wildman–Crippen MR) is 74.9 cm³/mol. The van der Waals surface area contributed by atoms with E-state index in [0.29, 0.717) is 6.54 Å². The monoisotopic (exact) mass is 265 g/mol. The second kappa shape index (κ2) is 3.87. The molecule has 0 saturated heterocycles. The molecule has 98 valence electrons. The minimum Gasteiger partial charge on any atom is -0.478 e. The summed E-state index contributed by atoms with van der Waals surface area (Å²) in [5.74, 6) is -0.921. The van der Waals surface area contributed by atoms with Crippen LogP contribution < -0.4 is 10.6 Å². The first-order valence-electron chi connectivity index (χ1n) is 6.36. The summed E-state index contributed by atoms with van der Waals surface area (Å²) in [5.41, 5.74) is 2.84. The van der Waals surface area contributed by atoms with Crippen molar-refractivity contribution < 1.29 is 14.3 Å². The lowest BCUT2D eigenvalue weighted by Crippen LogP contribution is -2.36. The number of hydrogen-bond donors (Lipinski definition) is 1. The molecule has 4 heteroatoms. The molecule has 0 aliphatic carbocycles. The van der Waals surface area contributed by atoms with E-state index in [4.69, 9.17) is 9.52 Å². The molecule has 4 nitrogen and oxygen atoms in total. The van der Waals surface area contributed by atoms with Gasteiger partial charge in [-0.05, 0) is 18.2 Å². The largest absolute Gasteiger partial charge is 0.478 e. The Morgan fingerprint density at radius 2 is 2.10 bits per heavy atom. The number of carbonyl (C=O) groups is 1. The van der Waals surface area contributed by atoms with Gasteiger partial charge in [-0.1, -0.05) is 24.3 Å². The van der Waals surface area contributed by atoms with Gasteiger partial charge in [-0.2, -0.15) is 0 Å². The van der Waals surface area contributed by atoms with Gasteiger partial charge in [-0.3, -0.25) is 0 Å². The van der Waals surface area contributed by atoms with Crippen molar-refractivity contribution in [3.8, 4) is 0 Å². The molecule has 0 bridgehead atoms. The average Bonchev–Trinajstić information content (AvgIpc) is 2.85.